The first-order chi connectivity index (χ1) is 9.49. The summed E-state index contributed by atoms with van der Waals surface area (Å²) in [4.78, 5) is 12.3. The highest BCUT2D eigenvalue weighted by Gasteiger charge is 2.24. The molecule has 120 valence electrons. The van der Waals surface area contributed by atoms with Gasteiger partial charge in [-0.3, -0.25) is 4.79 Å². The molecule has 0 heterocycles. The summed E-state index contributed by atoms with van der Waals surface area (Å²) in [6.07, 6.45) is 0.391. The van der Waals surface area contributed by atoms with E-state index < -0.39 is 0 Å². The van der Waals surface area contributed by atoms with Gasteiger partial charge in [0.2, 0.25) is 5.91 Å². The minimum Gasteiger partial charge on any atom is -0.494 e. The fraction of sp³-hybridized carbons (Fsp3) is 0.500. The molecule has 0 radical (unpaired) electrons. The van der Waals surface area contributed by atoms with E-state index in [2.05, 4.69) is 0 Å². The molecule has 21 heavy (non-hydrogen) atoms. The molecule has 0 aromatic heterocycles. The topological polar surface area (TPSA) is 58.8 Å². The maximum absolute atomic E-state index is 12.3. The van der Waals surface area contributed by atoms with Gasteiger partial charge in [-0.25, -0.2) is 10.0 Å². The normalized spacial score (nSPS) is 10.2. The van der Waals surface area contributed by atoms with E-state index in [0.29, 0.717) is 41.7 Å². The van der Waals surface area contributed by atoms with Gasteiger partial charge in [0.1, 0.15) is 11.4 Å². The van der Waals surface area contributed by atoms with Crippen molar-refractivity contribution in [2.45, 2.75) is 27.2 Å². The zero-order chi connectivity index (χ0) is 15.3. The predicted octanol–water partition coefficient (Wildman–Crippen LogP) is 3.35. The van der Waals surface area contributed by atoms with Gasteiger partial charge in [-0.2, -0.15) is 0 Å². The number of benzene rings is 1. The lowest BCUT2D eigenvalue weighted by molar-refractivity contribution is -0.121. The second-order valence-electron chi connectivity index (χ2n) is 4.24. The Balaban J connectivity index is 0.00000400. The number of ether oxygens (including phenoxy) is 1. The van der Waals surface area contributed by atoms with Crippen molar-refractivity contribution in [1.29, 1.82) is 0 Å². The third-order valence-electron chi connectivity index (χ3n) is 3.08. The minimum atomic E-state index is -0.0205. The number of nitrogen functional groups attached to an aromatic ring is 1. The van der Waals surface area contributed by atoms with Crippen molar-refractivity contribution in [2.75, 3.05) is 30.9 Å². The number of carbonyl (C=O) groups excluding carboxylic acids is 1. The number of nitrogens with zero attached hydrogens (tertiary/aromatic N) is 2. The summed E-state index contributed by atoms with van der Waals surface area (Å²) in [6, 6.07) is 3.30. The van der Waals surface area contributed by atoms with Gasteiger partial charge in [0.25, 0.3) is 0 Å². The van der Waals surface area contributed by atoms with Crippen molar-refractivity contribution < 1.29 is 9.53 Å². The summed E-state index contributed by atoms with van der Waals surface area (Å²) < 4.78 is 5.34. The second-order valence-corrected chi connectivity index (χ2v) is 4.65. The van der Waals surface area contributed by atoms with Crippen molar-refractivity contribution >= 4 is 41.3 Å². The Kier molecular flexibility index (Phi) is 8.47. The van der Waals surface area contributed by atoms with Crippen LogP contribution in [-0.4, -0.2) is 31.1 Å². The molecule has 1 aromatic rings. The number of amides is 1. The SMILES string of the molecule is CCC(=O)N(c1cc(Cl)c(N)cc1OC)N(CC)CC.Cl. The fourth-order valence-electron chi connectivity index (χ4n) is 1.99. The molecule has 1 rings (SSSR count). The van der Waals surface area contributed by atoms with Crippen molar-refractivity contribution in [2.24, 2.45) is 0 Å². The van der Waals surface area contributed by atoms with Crippen molar-refractivity contribution in [3.63, 3.8) is 0 Å². The maximum atomic E-state index is 12.3. The second kappa shape index (κ2) is 8.97. The molecule has 5 nitrogen and oxygen atoms in total. The molecule has 1 aromatic carbocycles. The third kappa shape index (κ3) is 4.40. The van der Waals surface area contributed by atoms with E-state index in [1.54, 1.807) is 24.3 Å². The molecule has 0 saturated heterocycles. The van der Waals surface area contributed by atoms with Crippen LogP contribution in [0.3, 0.4) is 0 Å². The van der Waals surface area contributed by atoms with Crippen LogP contribution < -0.4 is 15.5 Å². The summed E-state index contributed by atoms with van der Waals surface area (Å²) in [5, 5.41) is 3.95. The van der Waals surface area contributed by atoms with E-state index in [1.165, 1.54) is 0 Å². The fourth-order valence-corrected chi connectivity index (χ4v) is 2.15. The quantitative estimate of drug-likeness (QED) is 0.639. The molecule has 0 aliphatic heterocycles. The minimum absolute atomic E-state index is 0. The Bertz CT molecular complexity index is 480. The highest BCUT2D eigenvalue weighted by Crippen LogP contribution is 2.36. The molecule has 0 bridgehead atoms. The van der Waals surface area contributed by atoms with Gasteiger partial charge in [-0.15, -0.1) is 12.4 Å². The van der Waals surface area contributed by atoms with E-state index in [-0.39, 0.29) is 18.3 Å². The van der Waals surface area contributed by atoms with Gasteiger partial charge in [-0.1, -0.05) is 32.4 Å². The van der Waals surface area contributed by atoms with Gasteiger partial charge in [-0.05, 0) is 6.07 Å². The first kappa shape index (κ1) is 19.8. The molecular weight excluding hydrogens is 313 g/mol. The Labute approximate surface area is 137 Å². The van der Waals surface area contributed by atoms with Crippen LogP contribution in [-0.2, 0) is 4.79 Å². The van der Waals surface area contributed by atoms with Crippen LogP contribution in [0.15, 0.2) is 12.1 Å². The number of hydrogen-bond donors (Lipinski definition) is 1. The molecule has 0 aliphatic carbocycles. The molecule has 7 heteroatoms. The van der Waals surface area contributed by atoms with E-state index in [1.807, 2.05) is 25.8 Å². The van der Waals surface area contributed by atoms with Gasteiger partial charge < -0.3 is 10.5 Å². The van der Waals surface area contributed by atoms with Crippen molar-refractivity contribution in [3.8, 4) is 5.75 Å². The highest BCUT2D eigenvalue weighted by atomic mass is 35.5. The number of nitrogens with two attached hydrogens (primary N) is 1. The van der Waals surface area contributed by atoms with Crippen LogP contribution in [0.2, 0.25) is 5.02 Å². The van der Waals surface area contributed by atoms with Crippen LogP contribution in [0.4, 0.5) is 11.4 Å². The van der Waals surface area contributed by atoms with E-state index in [0.717, 1.165) is 0 Å². The van der Waals surface area contributed by atoms with Gasteiger partial charge >= 0.3 is 0 Å². The lowest BCUT2D eigenvalue weighted by Gasteiger charge is -2.34. The van der Waals surface area contributed by atoms with Crippen LogP contribution >= 0.6 is 24.0 Å². The predicted molar refractivity (Wildman–Crippen MR) is 90.4 cm³/mol. The zero-order valence-electron chi connectivity index (χ0n) is 12.9. The van der Waals surface area contributed by atoms with Crippen LogP contribution in [0.5, 0.6) is 5.75 Å². The number of anilines is 2. The average molecular weight is 336 g/mol. The number of rotatable bonds is 6. The Morgan fingerprint density at radius 1 is 1.29 bits per heavy atom. The monoisotopic (exact) mass is 335 g/mol. The number of carbonyl (C=O) groups is 1. The summed E-state index contributed by atoms with van der Waals surface area (Å²) in [5.74, 6) is 0.508. The molecule has 0 aliphatic rings. The molecule has 2 N–H and O–H groups in total. The third-order valence-corrected chi connectivity index (χ3v) is 3.41. The molecule has 0 saturated carbocycles. The first-order valence-corrected chi connectivity index (χ1v) is 7.08. The van der Waals surface area contributed by atoms with Crippen molar-refractivity contribution in [3.05, 3.63) is 17.2 Å². The maximum Gasteiger partial charge on any atom is 0.241 e. The number of hydrogen-bond acceptors (Lipinski definition) is 4. The number of hydrazine groups is 1. The summed E-state index contributed by atoms with van der Waals surface area (Å²) in [5.41, 5.74) is 6.83. The van der Waals surface area contributed by atoms with Gasteiger partial charge in [0.05, 0.1) is 17.8 Å². The Hall–Kier alpha value is -1.17. The smallest absolute Gasteiger partial charge is 0.241 e. The molecule has 0 atom stereocenters. The van der Waals surface area contributed by atoms with E-state index in [4.69, 9.17) is 22.1 Å². The lowest BCUT2D eigenvalue weighted by atomic mass is 10.2. The van der Waals surface area contributed by atoms with Crippen LogP contribution in [0, 0.1) is 0 Å². The first-order valence-electron chi connectivity index (χ1n) is 6.70. The zero-order valence-corrected chi connectivity index (χ0v) is 14.4. The standard InChI is InChI=1S/C14H22ClN3O2.ClH/c1-5-14(19)18(17(6-2)7-3)12-8-10(15)11(16)9-13(12)20-4;/h8-9H,5-7,16H2,1-4H3;1H. The molecular formula is C14H23Cl2N3O2. The lowest BCUT2D eigenvalue weighted by Crippen LogP contribution is -2.46. The summed E-state index contributed by atoms with van der Waals surface area (Å²) in [6.45, 7) is 7.21. The van der Waals surface area contributed by atoms with E-state index >= 15 is 0 Å². The highest BCUT2D eigenvalue weighted by molar-refractivity contribution is 6.33. The van der Waals surface area contributed by atoms with E-state index in [9.17, 15) is 4.79 Å². The Morgan fingerprint density at radius 2 is 1.86 bits per heavy atom. The molecule has 0 unspecified atom stereocenters. The van der Waals surface area contributed by atoms with Gasteiger partial charge in [0.15, 0.2) is 0 Å². The molecule has 0 fully saturated rings. The number of methoxy groups -OCH3 is 1. The average Bonchev–Trinajstić information content (AvgIpc) is 2.46. The van der Waals surface area contributed by atoms with Crippen LogP contribution in [0.25, 0.3) is 0 Å². The van der Waals surface area contributed by atoms with Crippen LogP contribution in [0.1, 0.15) is 27.2 Å². The molecule has 0 spiro atoms. The largest absolute Gasteiger partial charge is 0.494 e. The van der Waals surface area contributed by atoms with Crippen molar-refractivity contribution in [1.82, 2.24) is 5.01 Å². The van der Waals surface area contributed by atoms with Gasteiger partial charge in [0, 0.05) is 25.6 Å². The molecule has 1 amide bonds. The summed E-state index contributed by atoms with van der Waals surface area (Å²) in [7, 11) is 1.54. The summed E-state index contributed by atoms with van der Waals surface area (Å²) >= 11 is 6.09. The number of halogens is 2. The Morgan fingerprint density at radius 3 is 2.29 bits per heavy atom.